The van der Waals surface area contributed by atoms with Crippen molar-refractivity contribution in [2.75, 3.05) is 14.7 Å². The molecule has 2 atom stereocenters. The van der Waals surface area contributed by atoms with Crippen LogP contribution < -0.4 is 24.2 Å². The van der Waals surface area contributed by atoms with Gasteiger partial charge in [0.25, 0.3) is 0 Å². The number of anilines is 9. The Morgan fingerprint density at radius 2 is 0.691 bits per heavy atom. The van der Waals surface area contributed by atoms with Gasteiger partial charge in [-0.2, -0.15) is 0 Å². The summed E-state index contributed by atoms with van der Waals surface area (Å²) in [5, 5.41) is 21.2. The molecule has 0 saturated carbocycles. The highest BCUT2D eigenvalue weighted by Crippen LogP contribution is 2.43. The molecule has 2 unspecified atom stereocenters. The van der Waals surface area contributed by atoms with Crippen molar-refractivity contribution in [3.05, 3.63) is 237 Å². The fourth-order valence-corrected chi connectivity index (χ4v) is 7.36. The molecule has 2 N–H and O–H groups in total. The zero-order valence-electron chi connectivity index (χ0n) is 37.1. The Balaban J connectivity index is 1.31. The number of ketones is 2. The van der Waals surface area contributed by atoms with Gasteiger partial charge >= 0.3 is 11.9 Å². The van der Waals surface area contributed by atoms with Gasteiger partial charge in [-0.25, -0.2) is 9.59 Å². The molecule has 0 radical (unpaired) electrons. The van der Waals surface area contributed by atoms with Gasteiger partial charge in [0, 0.05) is 63.3 Å². The fraction of sp³-hybridized carbons (Fsp3) is 0.0526. The molecular weight excluding hydrogens is 855 g/mol. The van der Waals surface area contributed by atoms with Gasteiger partial charge in [0.05, 0.1) is 0 Å². The van der Waals surface area contributed by atoms with Gasteiger partial charge in [0.2, 0.25) is 0 Å². The highest BCUT2D eigenvalue weighted by atomic mass is 16.5. The summed E-state index contributed by atoms with van der Waals surface area (Å²) in [6.07, 6.45) is 1.65. The molecule has 7 rings (SSSR count). The number of aliphatic hydroxyl groups is 2. The summed E-state index contributed by atoms with van der Waals surface area (Å²) in [4.78, 5) is 54.6. The van der Waals surface area contributed by atoms with Gasteiger partial charge in [-0.15, -0.1) is 0 Å². The number of benzene rings is 7. The summed E-state index contributed by atoms with van der Waals surface area (Å²) in [6.45, 7) is 16.0. The van der Waals surface area contributed by atoms with E-state index in [-0.39, 0.29) is 0 Å². The van der Waals surface area contributed by atoms with Crippen LogP contribution in [0.25, 0.3) is 0 Å². The van der Waals surface area contributed by atoms with Crippen molar-refractivity contribution in [3.63, 3.8) is 0 Å². The monoisotopic (exact) mass is 901 g/mol. The summed E-state index contributed by atoms with van der Waals surface area (Å²) < 4.78 is 10.7. The van der Waals surface area contributed by atoms with Crippen LogP contribution in [0.4, 0.5) is 51.2 Å². The number of aryl methyl sites for hydroxylation is 1. The fourth-order valence-electron chi connectivity index (χ4n) is 7.36. The minimum absolute atomic E-state index is 0.336. The Bertz CT molecular complexity index is 2970. The topological polar surface area (TPSA) is 137 Å². The van der Waals surface area contributed by atoms with Crippen LogP contribution in [0.1, 0.15) is 28.9 Å². The van der Waals surface area contributed by atoms with E-state index in [9.17, 15) is 29.4 Å². The Morgan fingerprint density at radius 1 is 0.412 bits per heavy atom. The second-order valence-corrected chi connectivity index (χ2v) is 15.3. The van der Waals surface area contributed by atoms with Gasteiger partial charge in [-0.1, -0.05) is 74.3 Å². The summed E-state index contributed by atoms with van der Waals surface area (Å²) in [6, 6.07) is 52.1. The van der Waals surface area contributed by atoms with Gasteiger partial charge in [-0.3, -0.25) is 9.59 Å². The van der Waals surface area contributed by atoms with Crippen molar-refractivity contribution in [1.29, 1.82) is 0 Å². The van der Waals surface area contributed by atoms with Gasteiger partial charge in [0.15, 0.2) is 11.6 Å². The van der Waals surface area contributed by atoms with E-state index in [2.05, 4.69) is 31.2 Å². The van der Waals surface area contributed by atoms with Gasteiger partial charge in [0.1, 0.15) is 23.7 Å². The molecule has 0 aliphatic heterocycles. The van der Waals surface area contributed by atoms with E-state index in [0.717, 1.165) is 75.4 Å². The third-order valence-electron chi connectivity index (χ3n) is 10.8. The van der Waals surface area contributed by atoms with Crippen LogP contribution in [0.2, 0.25) is 0 Å². The van der Waals surface area contributed by atoms with Crippen LogP contribution in [0.5, 0.6) is 11.5 Å². The molecule has 11 nitrogen and oxygen atoms in total. The van der Waals surface area contributed by atoms with Gasteiger partial charge < -0.3 is 34.4 Å². The molecule has 7 aromatic rings. The molecule has 0 amide bonds. The van der Waals surface area contributed by atoms with Crippen LogP contribution in [0.15, 0.2) is 220 Å². The molecule has 0 spiro atoms. The lowest BCUT2D eigenvalue weighted by atomic mass is 10.0. The van der Waals surface area contributed by atoms with Gasteiger partial charge in [-0.05, 0) is 158 Å². The maximum atomic E-state index is 12.3. The van der Waals surface area contributed by atoms with Crippen molar-refractivity contribution >= 4 is 74.7 Å². The predicted octanol–water partition coefficient (Wildman–Crippen LogP) is 12.2. The van der Waals surface area contributed by atoms with Crippen molar-refractivity contribution in [1.82, 2.24) is 0 Å². The zero-order chi connectivity index (χ0) is 48.3. The molecule has 0 saturated heterocycles. The number of carbonyl (C=O) groups is 4. The number of aliphatic hydroxyl groups excluding tert-OH is 2. The zero-order valence-corrected chi connectivity index (χ0v) is 37.1. The summed E-state index contributed by atoms with van der Waals surface area (Å²) in [5.74, 6) is -1.52. The highest BCUT2D eigenvalue weighted by molar-refractivity contribution is 5.94. The Morgan fingerprint density at radius 3 is 1.00 bits per heavy atom. The predicted molar refractivity (Wildman–Crippen MR) is 267 cm³/mol. The first-order chi connectivity index (χ1) is 32.9. The SMILES string of the molecule is C=CC(=O)Oc1ccc(N(c2ccc(C(O)C(=O)C=C)cc2)c2ccc(N(c3ccc(C)cc3)c3cccc(N(c4ccc(OC(=O)C=C)cc4)c4ccc(C(O)C(=O)C=C)cc4)c3)cc2)cc1. The number of carbonyl (C=O) groups excluding carboxylic acids is 4. The van der Waals surface area contributed by atoms with E-state index < -0.39 is 35.7 Å². The second kappa shape index (κ2) is 21.4. The molecule has 0 aliphatic rings. The first-order valence-corrected chi connectivity index (χ1v) is 21.4. The average molecular weight is 902 g/mol. The molecule has 7 aromatic carbocycles. The lowest BCUT2D eigenvalue weighted by Gasteiger charge is -2.30. The molecule has 338 valence electrons. The molecule has 0 fully saturated rings. The summed E-state index contributed by atoms with van der Waals surface area (Å²) >= 11 is 0. The van der Waals surface area contributed by atoms with Crippen LogP contribution in [-0.4, -0.2) is 33.7 Å². The Labute approximate surface area is 394 Å². The molecule has 11 heteroatoms. The highest BCUT2D eigenvalue weighted by Gasteiger charge is 2.22. The largest absolute Gasteiger partial charge is 0.423 e. The van der Waals surface area contributed by atoms with Crippen LogP contribution in [-0.2, 0) is 19.2 Å². The van der Waals surface area contributed by atoms with E-state index in [0.29, 0.717) is 28.3 Å². The van der Waals surface area contributed by atoms with E-state index in [4.69, 9.17) is 9.47 Å². The van der Waals surface area contributed by atoms with E-state index in [1.54, 1.807) is 48.5 Å². The number of esters is 2. The number of rotatable bonds is 19. The standard InChI is InChI=1S/C57H47N3O8/c1-6-52(61)56(65)39-15-21-42(22-16-39)58(46-29-33-50(34-30-46)67-54(63)8-3)44-25-27-45(28-26-44)59(41-19-13-38(5)14-20-41)48-11-10-12-49(37-48)60(47-31-35-51(36-32-47)68-55(64)9-4)43-23-17-40(18-24-43)57(66)53(62)7-2/h6-37,56-57,65-66H,1-4H2,5H3. The van der Waals surface area contributed by atoms with Crippen molar-refractivity contribution < 1.29 is 38.9 Å². The molecular formula is C57H47N3O8. The van der Waals surface area contributed by atoms with E-state index >= 15 is 0 Å². The van der Waals surface area contributed by atoms with Crippen LogP contribution >= 0.6 is 0 Å². The summed E-state index contributed by atoms with van der Waals surface area (Å²) in [7, 11) is 0. The normalized spacial score (nSPS) is 11.5. The minimum Gasteiger partial charge on any atom is -0.423 e. The lowest BCUT2D eigenvalue weighted by Crippen LogP contribution is -2.14. The molecule has 68 heavy (non-hydrogen) atoms. The number of hydrogen-bond acceptors (Lipinski definition) is 11. The average Bonchev–Trinajstić information content (AvgIpc) is 3.38. The smallest absolute Gasteiger partial charge is 0.335 e. The first-order valence-electron chi connectivity index (χ1n) is 21.4. The van der Waals surface area contributed by atoms with Crippen molar-refractivity contribution in [2.24, 2.45) is 0 Å². The first kappa shape index (κ1) is 47.1. The number of nitrogens with zero attached hydrogens (tertiary/aromatic N) is 3. The Hall–Kier alpha value is -8.90. The van der Waals surface area contributed by atoms with Crippen molar-refractivity contribution in [3.8, 4) is 11.5 Å². The molecule has 0 aromatic heterocycles. The molecule has 0 aliphatic carbocycles. The van der Waals surface area contributed by atoms with Crippen LogP contribution in [0, 0.1) is 6.92 Å². The minimum atomic E-state index is -1.36. The maximum Gasteiger partial charge on any atom is 0.335 e. The van der Waals surface area contributed by atoms with Crippen LogP contribution in [0.3, 0.4) is 0 Å². The Kier molecular flexibility index (Phi) is 14.8. The summed E-state index contributed by atoms with van der Waals surface area (Å²) in [5.41, 5.74) is 8.87. The number of hydrogen-bond donors (Lipinski definition) is 2. The van der Waals surface area contributed by atoms with E-state index in [1.165, 1.54) is 0 Å². The van der Waals surface area contributed by atoms with E-state index in [1.807, 2.05) is 138 Å². The lowest BCUT2D eigenvalue weighted by molar-refractivity contribution is -0.129. The third kappa shape index (κ3) is 10.8. The maximum absolute atomic E-state index is 12.3. The third-order valence-corrected chi connectivity index (χ3v) is 10.8. The molecule has 0 heterocycles. The molecule has 0 bridgehead atoms. The number of ether oxygens (including phenoxy) is 2. The second-order valence-electron chi connectivity index (χ2n) is 15.3. The van der Waals surface area contributed by atoms with Crippen molar-refractivity contribution in [2.45, 2.75) is 19.1 Å². The quantitative estimate of drug-likeness (QED) is 0.0456.